The van der Waals surface area contributed by atoms with Crippen molar-refractivity contribution in [3.8, 4) is 5.75 Å². The molecule has 2 rings (SSSR count). The van der Waals surface area contributed by atoms with E-state index in [4.69, 9.17) is 33.7 Å². The molecule has 2 aromatic carbocycles. The van der Waals surface area contributed by atoms with Crippen molar-refractivity contribution in [1.82, 2.24) is 0 Å². The average Bonchev–Trinajstić information content (AvgIpc) is 2.50. The van der Waals surface area contributed by atoms with Crippen molar-refractivity contribution < 1.29 is 9.53 Å². The van der Waals surface area contributed by atoms with Crippen molar-refractivity contribution in [1.29, 1.82) is 0 Å². The minimum absolute atomic E-state index is 0.129. The molecule has 0 heterocycles. The molecular weight excluding hydrogens is 335 g/mol. The van der Waals surface area contributed by atoms with Gasteiger partial charge in [-0.15, -0.1) is 0 Å². The Labute approximate surface area is 145 Å². The van der Waals surface area contributed by atoms with Crippen molar-refractivity contribution in [2.75, 3.05) is 17.7 Å². The van der Waals surface area contributed by atoms with Crippen molar-refractivity contribution in [3.63, 3.8) is 0 Å². The molecule has 0 fully saturated rings. The van der Waals surface area contributed by atoms with Gasteiger partial charge in [-0.2, -0.15) is 0 Å². The van der Waals surface area contributed by atoms with Crippen LogP contribution in [0.25, 0.3) is 0 Å². The lowest BCUT2D eigenvalue weighted by molar-refractivity contribution is -0.116. The highest BCUT2D eigenvalue weighted by Gasteiger charge is 2.08. The number of rotatable bonds is 6. The van der Waals surface area contributed by atoms with Gasteiger partial charge in [0.15, 0.2) is 0 Å². The summed E-state index contributed by atoms with van der Waals surface area (Å²) in [6, 6.07) is 10.9. The first-order valence-electron chi connectivity index (χ1n) is 7.20. The molecule has 0 spiro atoms. The molecule has 0 unspecified atom stereocenters. The van der Waals surface area contributed by atoms with Gasteiger partial charge in [-0.05, 0) is 37.1 Å². The molecule has 0 saturated carbocycles. The van der Waals surface area contributed by atoms with Gasteiger partial charge in [-0.25, -0.2) is 0 Å². The summed E-state index contributed by atoms with van der Waals surface area (Å²) in [7, 11) is 0. The maximum atomic E-state index is 11.9. The van der Waals surface area contributed by atoms with E-state index in [0.29, 0.717) is 40.9 Å². The van der Waals surface area contributed by atoms with E-state index in [1.165, 1.54) is 0 Å². The molecular formula is C17H18Cl2N2O2. The molecule has 0 radical (unpaired) electrons. The minimum atomic E-state index is -0.129. The lowest BCUT2D eigenvalue weighted by Crippen LogP contribution is -2.13. The van der Waals surface area contributed by atoms with Crippen LogP contribution in [0.2, 0.25) is 10.0 Å². The number of amides is 1. The highest BCUT2D eigenvalue weighted by atomic mass is 35.5. The number of benzene rings is 2. The third kappa shape index (κ3) is 5.05. The maximum Gasteiger partial charge on any atom is 0.224 e. The number of carbonyl (C=O) groups excluding carboxylic acids is 1. The molecule has 0 aliphatic heterocycles. The number of anilines is 2. The first-order chi connectivity index (χ1) is 11.0. The Morgan fingerprint density at radius 3 is 2.52 bits per heavy atom. The zero-order valence-corrected chi connectivity index (χ0v) is 14.2. The average molecular weight is 353 g/mol. The number of ether oxygens (including phenoxy) is 1. The van der Waals surface area contributed by atoms with Gasteiger partial charge in [-0.3, -0.25) is 4.79 Å². The van der Waals surface area contributed by atoms with Crippen LogP contribution in [-0.4, -0.2) is 12.5 Å². The number of nitrogens with one attached hydrogen (secondary N) is 1. The largest absolute Gasteiger partial charge is 0.493 e. The van der Waals surface area contributed by atoms with Crippen LogP contribution in [0.1, 0.15) is 18.4 Å². The predicted octanol–water partition coefficient (Wildman–Crippen LogP) is 4.68. The molecule has 23 heavy (non-hydrogen) atoms. The molecule has 0 aromatic heterocycles. The first-order valence-corrected chi connectivity index (χ1v) is 7.96. The first kappa shape index (κ1) is 17.4. The summed E-state index contributed by atoms with van der Waals surface area (Å²) < 4.78 is 5.65. The monoisotopic (exact) mass is 352 g/mol. The van der Waals surface area contributed by atoms with E-state index in [0.717, 1.165) is 11.3 Å². The molecule has 6 heteroatoms. The van der Waals surface area contributed by atoms with Gasteiger partial charge in [0.25, 0.3) is 0 Å². The number of hydrogen-bond acceptors (Lipinski definition) is 3. The quantitative estimate of drug-likeness (QED) is 0.585. The second-order valence-electron chi connectivity index (χ2n) is 5.12. The summed E-state index contributed by atoms with van der Waals surface area (Å²) in [6.07, 6.45) is 0.947. The fourth-order valence-electron chi connectivity index (χ4n) is 2.01. The van der Waals surface area contributed by atoms with Gasteiger partial charge in [0.2, 0.25) is 5.91 Å². The van der Waals surface area contributed by atoms with E-state index >= 15 is 0 Å². The van der Waals surface area contributed by atoms with Crippen LogP contribution in [0, 0.1) is 6.92 Å². The number of nitrogens with two attached hydrogens (primary N) is 1. The van der Waals surface area contributed by atoms with E-state index in [1.54, 1.807) is 12.1 Å². The standard InChI is InChI=1S/C17H18Cl2N2O2/c1-11-5-2-3-6-15(11)23-8-4-7-16(22)21-12-9-13(18)17(20)14(19)10-12/h2-3,5-6,9-10H,4,7-8,20H2,1H3,(H,21,22). The Balaban J connectivity index is 1.78. The number of aryl methyl sites for hydroxylation is 1. The fraction of sp³-hybridized carbons (Fsp3) is 0.235. The van der Waals surface area contributed by atoms with Gasteiger partial charge in [0.05, 0.1) is 22.3 Å². The summed E-state index contributed by atoms with van der Waals surface area (Å²) in [5.41, 5.74) is 7.56. The molecule has 0 aliphatic carbocycles. The summed E-state index contributed by atoms with van der Waals surface area (Å²) in [6.45, 7) is 2.46. The summed E-state index contributed by atoms with van der Waals surface area (Å²) in [5, 5.41) is 3.37. The second kappa shape index (κ2) is 8.09. The zero-order valence-electron chi connectivity index (χ0n) is 12.7. The number of nitrogen functional groups attached to an aromatic ring is 1. The fourth-order valence-corrected chi connectivity index (χ4v) is 2.50. The van der Waals surface area contributed by atoms with Crippen molar-refractivity contribution in [3.05, 3.63) is 52.0 Å². The Hall–Kier alpha value is -1.91. The Kier molecular flexibility index (Phi) is 6.13. The molecule has 0 saturated heterocycles. The van der Waals surface area contributed by atoms with Crippen molar-refractivity contribution in [2.45, 2.75) is 19.8 Å². The molecule has 0 atom stereocenters. The number of para-hydroxylation sites is 1. The highest BCUT2D eigenvalue weighted by Crippen LogP contribution is 2.31. The number of hydrogen-bond donors (Lipinski definition) is 2. The Morgan fingerprint density at radius 2 is 1.87 bits per heavy atom. The second-order valence-corrected chi connectivity index (χ2v) is 5.93. The van der Waals surface area contributed by atoms with Gasteiger partial charge in [0, 0.05) is 12.1 Å². The summed E-state index contributed by atoms with van der Waals surface area (Å²) in [4.78, 5) is 11.9. The van der Waals surface area contributed by atoms with Crippen LogP contribution >= 0.6 is 23.2 Å². The van der Waals surface area contributed by atoms with Crippen LogP contribution < -0.4 is 15.8 Å². The summed E-state index contributed by atoms with van der Waals surface area (Å²) in [5.74, 6) is 0.709. The smallest absolute Gasteiger partial charge is 0.224 e. The van der Waals surface area contributed by atoms with Crippen LogP contribution in [-0.2, 0) is 4.79 Å². The molecule has 4 nitrogen and oxygen atoms in total. The molecule has 0 bridgehead atoms. The van der Waals surface area contributed by atoms with E-state index < -0.39 is 0 Å². The molecule has 3 N–H and O–H groups in total. The Bertz CT molecular complexity index is 682. The Morgan fingerprint density at radius 1 is 1.22 bits per heavy atom. The number of halogens is 2. The third-order valence-corrected chi connectivity index (χ3v) is 3.89. The van der Waals surface area contributed by atoms with Crippen LogP contribution in [0.4, 0.5) is 11.4 Å². The van der Waals surface area contributed by atoms with Gasteiger partial charge < -0.3 is 15.8 Å². The molecule has 122 valence electrons. The van der Waals surface area contributed by atoms with Gasteiger partial charge in [0.1, 0.15) is 5.75 Å². The van der Waals surface area contributed by atoms with Crippen LogP contribution in [0.15, 0.2) is 36.4 Å². The van der Waals surface area contributed by atoms with Gasteiger partial charge >= 0.3 is 0 Å². The van der Waals surface area contributed by atoms with Crippen LogP contribution in [0.3, 0.4) is 0 Å². The molecule has 0 aliphatic rings. The van der Waals surface area contributed by atoms with Crippen molar-refractivity contribution >= 4 is 40.5 Å². The summed E-state index contributed by atoms with van der Waals surface area (Å²) >= 11 is 11.9. The van der Waals surface area contributed by atoms with Crippen LogP contribution in [0.5, 0.6) is 5.75 Å². The highest BCUT2D eigenvalue weighted by molar-refractivity contribution is 6.39. The number of carbonyl (C=O) groups is 1. The van der Waals surface area contributed by atoms with Crippen molar-refractivity contribution in [2.24, 2.45) is 0 Å². The van der Waals surface area contributed by atoms with Gasteiger partial charge in [-0.1, -0.05) is 41.4 Å². The normalized spacial score (nSPS) is 10.4. The lowest BCUT2D eigenvalue weighted by atomic mass is 10.2. The minimum Gasteiger partial charge on any atom is -0.493 e. The molecule has 1 amide bonds. The lowest BCUT2D eigenvalue weighted by Gasteiger charge is -2.10. The van der Waals surface area contributed by atoms with E-state index in [9.17, 15) is 4.79 Å². The zero-order chi connectivity index (χ0) is 16.8. The predicted molar refractivity (Wildman–Crippen MR) is 95.4 cm³/mol. The van der Waals surface area contributed by atoms with E-state index in [2.05, 4.69) is 5.32 Å². The van der Waals surface area contributed by atoms with E-state index in [1.807, 2.05) is 31.2 Å². The third-order valence-electron chi connectivity index (χ3n) is 3.26. The maximum absolute atomic E-state index is 11.9. The topological polar surface area (TPSA) is 64.3 Å². The SMILES string of the molecule is Cc1ccccc1OCCCC(=O)Nc1cc(Cl)c(N)c(Cl)c1. The van der Waals surface area contributed by atoms with E-state index in [-0.39, 0.29) is 5.91 Å². The molecule has 2 aromatic rings.